The Hall–Kier alpha value is -0.820. The highest BCUT2D eigenvalue weighted by Crippen LogP contribution is 2.57. The molecule has 1 aromatic carbocycles. The summed E-state index contributed by atoms with van der Waals surface area (Å²) in [5.41, 5.74) is 3.52. The lowest BCUT2D eigenvalue weighted by atomic mass is 9.51. The molecule has 1 saturated carbocycles. The molecule has 0 heterocycles. The second-order valence-electron chi connectivity index (χ2n) is 6.73. The van der Waals surface area contributed by atoms with Crippen LogP contribution in [-0.4, -0.2) is 12.6 Å². The van der Waals surface area contributed by atoms with Crippen LogP contribution in [0.1, 0.15) is 76.8 Å². The quantitative estimate of drug-likeness (QED) is 0.684. The van der Waals surface area contributed by atoms with Gasteiger partial charge in [0.15, 0.2) is 0 Å². The molecule has 1 fully saturated rings. The molecule has 2 rings (SSSR count). The first-order valence-corrected chi connectivity index (χ1v) is 9.04. The van der Waals surface area contributed by atoms with E-state index in [4.69, 9.17) is 0 Å². The van der Waals surface area contributed by atoms with Crippen LogP contribution in [0, 0.1) is 5.41 Å². The van der Waals surface area contributed by atoms with Crippen LogP contribution in [0.4, 0.5) is 0 Å². The summed E-state index contributed by atoms with van der Waals surface area (Å²) in [4.78, 5) is 0. The van der Waals surface area contributed by atoms with Crippen molar-refractivity contribution in [2.24, 2.45) is 5.41 Å². The van der Waals surface area contributed by atoms with Gasteiger partial charge in [0.05, 0.1) is 0 Å². The molecule has 1 N–H and O–H groups in total. The number of nitrogens with one attached hydrogen (secondary N) is 1. The van der Waals surface area contributed by atoms with E-state index in [9.17, 15) is 0 Å². The van der Waals surface area contributed by atoms with Gasteiger partial charge in [-0.2, -0.15) is 0 Å². The molecule has 0 saturated heterocycles. The average Bonchev–Trinajstić information content (AvgIpc) is 2.50. The lowest BCUT2D eigenvalue weighted by molar-refractivity contribution is 0.0202. The first kappa shape index (κ1) is 16.5. The lowest BCUT2D eigenvalue weighted by Gasteiger charge is -2.57. The molecule has 0 bridgehead atoms. The molecular weight excluding hydrogens is 254 g/mol. The predicted molar refractivity (Wildman–Crippen MR) is 92.9 cm³/mol. The fraction of sp³-hybridized carbons (Fsp3) is 0.700. The van der Waals surface area contributed by atoms with Crippen LogP contribution < -0.4 is 5.32 Å². The van der Waals surface area contributed by atoms with Crippen LogP contribution in [-0.2, 0) is 6.42 Å². The largest absolute Gasteiger partial charge is 0.313 e. The van der Waals surface area contributed by atoms with E-state index in [0.29, 0.717) is 11.5 Å². The second kappa shape index (κ2) is 7.45. The van der Waals surface area contributed by atoms with E-state index in [0.717, 1.165) is 12.5 Å². The van der Waals surface area contributed by atoms with Crippen LogP contribution in [0.3, 0.4) is 0 Å². The smallest absolute Gasteiger partial charge is 0.0135 e. The summed E-state index contributed by atoms with van der Waals surface area (Å²) in [6.07, 6.45) is 7.56. The zero-order chi connectivity index (χ0) is 15.3. The van der Waals surface area contributed by atoms with Crippen molar-refractivity contribution < 1.29 is 0 Å². The van der Waals surface area contributed by atoms with Crippen LogP contribution >= 0.6 is 0 Å². The van der Waals surface area contributed by atoms with Gasteiger partial charge in [0.25, 0.3) is 0 Å². The van der Waals surface area contributed by atoms with Gasteiger partial charge in [-0.25, -0.2) is 0 Å². The Morgan fingerprint density at radius 1 is 1.00 bits per heavy atom. The summed E-state index contributed by atoms with van der Waals surface area (Å²) in [5, 5.41) is 3.79. The summed E-state index contributed by atoms with van der Waals surface area (Å²) in [6.45, 7) is 10.4. The second-order valence-corrected chi connectivity index (χ2v) is 6.73. The molecular formula is C20H33N. The molecule has 0 radical (unpaired) electrons. The standard InChI is InChI=1S/C20H33N/c1-5-9-16-10-12-17(13-11-16)18-15-19(21-14-6-2)20(18,7-3)8-4/h10-13,18-19,21H,5-9,14-15H2,1-4H3. The van der Waals surface area contributed by atoms with Gasteiger partial charge in [-0.15, -0.1) is 0 Å². The third kappa shape index (κ3) is 3.18. The molecule has 2 atom stereocenters. The topological polar surface area (TPSA) is 12.0 Å². The van der Waals surface area contributed by atoms with Crippen molar-refractivity contribution in [3.63, 3.8) is 0 Å². The zero-order valence-corrected chi connectivity index (χ0v) is 14.4. The Labute approximate surface area is 131 Å². The molecule has 1 aliphatic carbocycles. The monoisotopic (exact) mass is 287 g/mol. The van der Waals surface area contributed by atoms with Crippen molar-refractivity contribution in [2.45, 2.75) is 78.2 Å². The van der Waals surface area contributed by atoms with E-state index < -0.39 is 0 Å². The summed E-state index contributed by atoms with van der Waals surface area (Å²) < 4.78 is 0. The fourth-order valence-corrected chi connectivity index (χ4v) is 4.30. The number of rotatable bonds is 8. The molecule has 0 aliphatic heterocycles. The van der Waals surface area contributed by atoms with E-state index >= 15 is 0 Å². The maximum atomic E-state index is 3.79. The molecule has 0 amide bonds. The number of aryl methyl sites for hydroxylation is 1. The fourth-order valence-electron chi connectivity index (χ4n) is 4.30. The highest BCUT2D eigenvalue weighted by Gasteiger charge is 2.52. The first-order valence-electron chi connectivity index (χ1n) is 9.04. The molecule has 2 unspecified atom stereocenters. The molecule has 21 heavy (non-hydrogen) atoms. The zero-order valence-electron chi connectivity index (χ0n) is 14.4. The van der Waals surface area contributed by atoms with E-state index in [2.05, 4.69) is 57.3 Å². The highest BCUT2D eigenvalue weighted by atomic mass is 15.0. The van der Waals surface area contributed by atoms with Crippen molar-refractivity contribution >= 4 is 0 Å². The Morgan fingerprint density at radius 2 is 1.67 bits per heavy atom. The molecule has 1 nitrogen and oxygen atoms in total. The van der Waals surface area contributed by atoms with Crippen LogP contribution in [0.2, 0.25) is 0 Å². The van der Waals surface area contributed by atoms with Gasteiger partial charge in [0.2, 0.25) is 0 Å². The number of hydrogen-bond acceptors (Lipinski definition) is 1. The summed E-state index contributed by atoms with van der Waals surface area (Å²) in [7, 11) is 0. The molecule has 0 aromatic heterocycles. The average molecular weight is 287 g/mol. The third-order valence-corrected chi connectivity index (χ3v) is 5.74. The van der Waals surface area contributed by atoms with E-state index in [1.807, 2.05) is 0 Å². The lowest BCUT2D eigenvalue weighted by Crippen LogP contribution is -2.58. The van der Waals surface area contributed by atoms with Gasteiger partial charge in [-0.1, -0.05) is 58.4 Å². The molecule has 1 heteroatoms. The predicted octanol–water partition coefficient (Wildman–Crippen LogP) is 5.30. The molecule has 1 aromatic rings. The minimum atomic E-state index is 0.474. The van der Waals surface area contributed by atoms with Crippen molar-refractivity contribution in [1.29, 1.82) is 0 Å². The normalized spacial score (nSPS) is 23.8. The Bertz CT molecular complexity index is 416. The van der Waals surface area contributed by atoms with Crippen LogP contribution in [0.25, 0.3) is 0 Å². The maximum absolute atomic E-state index is 3.79. The minimum absolute atomic E-state index is 0.474. The van der Waals surface area contributed by atoms with Gasteiger partial charge in [-0.3, -0.25) is 0 Å². The minimum Gasteiger partial charge on any atom is -0.313 e. The van der Waals surface area contributed by atoms with Crippen LogP contribution in [0.5, 0.6) is 0 Å². The Kier molecular flexibility index (Phi) is 5.87. The van der Waals surface area contributed by atoms with Gasteiger partial charge in [-0.05, 0) is 61.1 Å². The van der Waals surface area contributed by atoms with Gasteiger partial charge >= 0.3 is 0 Å². The Balaban J connectivity index is 2.12. The van der Waals surface area contributed by atoms with E-state index in [-0.39, 0.29) is 0 Å². The molecule has 118 valence electrons. The molecule has 1 aliphatic rings. The Morgan fingerprint density at radius 3 is 2.19 bits per heavy atom. The van der Waals surface area contributed by atoms with Crippen molar-refractivity contribution in [1.82, 2.24) is 5.32 Å². The SMILES string of the molecule is CCCNC1CC(c2ccc(CCC)cc2)C1(CC)CC. The van der Waals surface area contributed by atoms with Gasteiger partial charge in [0, 0.05) is 6.04 Å². The van der Waals surface area contributed by atoms with Crippen molar-refractivity contribution in [3.8, 4) is 0 Å². The third-order valence-electron chi connectivity index (χ3n) is 5.74. The number of benzene rings is 1. The summed E-state index contributed by atoms with van der Waals surface area (Å²) >= 11 is 0. The van der Waals surface area contributed by atoms with E-state index in [1.165, 1.54) is 44.1 Å². The highest BCUT2D eigenvalue weighted by molar-refractivity contribution is 5.31. The summed E-state index contributed by atoms with van der Waals surface area (Å²) in [6, 6.07) is 10.2. The first-order chi connectivity index (χ1) is 10.2. The van der Waals surface area contributed by atoms with Crippen LogP contribution in [0.15, 0.2) is 24.3 Å². The number of hydrogen-bond donors (Lipinski definition) is 1. The van der Waals surface area contributed by atoms with E-state index in [1.54, 1.807) is 5.56 Å². The summed E-state index contributed by atoms with van der Waals surface area (Å²) in [5.74, 6) is 0.748. The maximum Gasteiger partial charge on any atom is 0.0135 e. The van der Waals surface area contributed by atoms with Gasteiger partial charge < -0.3 is 5.32 Å². The van der Waals surface area contributed by atoms with Gasteiger partial charge in [0.1, 0.15) is 0 Å². The molecule has 0 spiro atoms. The van der Waals surface area contributed by atoms with Crippen molar-refractivity contribution in [2.75, 3.05) is 6.54 Å². The van der Waals surface area contributed by atoms with Crippen molar-refractivity contribution in [3.05, 3.63) is 35.4 Å².